The Hall–Kier alpha value is -2.59. The van der Waals surface area contributed by atoms with Crippen molar-refractivity contribution < 1.29 is 0 Å². The van der Waals surface area contributed by atoms with Gasteiger partial charge in [0.2, 0.25) is 0 Å². The van der Waals surface area contributed by atoms with Crippen molar-refractivity contribution in [1.82, 2.24) is 5.32 Å². The summed E-state index contributed by atoms with van der Waals surface area (Å²) in [4.78, 5) is 5.50. The van der Waals surface area contributed by atoms with Gasteiger partial charge in [0.15, 0.2) is 0 Å². The summed E-state index contributed by atoms with van der Waals surface area (Å²) in [7, 11) is 0. The fraction of sp³-hybridized carbons (Fsp3) is 0.182. The Morgan fingerprint density at radius 1 is 1.19 bits per heavy atom. The van der Waals surface area contributed by atoms with Gasteiger partial charge in [0.25, 0.3) is 0 Å². The lowest BCUT2D eigenvalue weighted by molar-refractivity contribution is 0.942. The molecule has 1 aromatic carbocycles. The molecule has 1 atom stereocenters. The monoisotopic (exact) mass is 361 g/mol. The van der Waals surface area contributed by atoms with E-state index in [4.69, 9.17) is 5.41 Å². The van der Waals surface area contributed by atoms with Crippen LogP contribution in [0.5, 0.6) is 0 Å². The van der Waals surface area contributed by atoms with E-state index in [2.05, 4.69) is 60.6 Å². The zero-order chi connectivity index (χ0) is 18.4. The van der Waals surface area contributed by atoms with Crippen LogP contribution in [0, 0.1) is 5.41 Å². The third-order valence-corrected chi connectivity index (χ3v) is 5.70. The van der Waals surface area contributed by atoms with Crippen molar-refractivity contribution in [2.75, 3.05) is 6.54 Å². The minimum atomic E-state index is 0.338. The molecule has 0 saturated heterocycles. The van der Waals surface area contributed by atoms with Crippen molar-refractivity contribution in [3.63, 3.8) is 0 Å². The maximum absolute atomic E-state index is 7.41. The molecule has 2 aliphatic rings. The first-order chi connectivity index (χ1) is 12.7. The first-order valence-electron chi connectivity index (χ1n) is 8.69. The van der Waals surface area contributed by atoms with Crippen LogP contribution in [-0.2, 0) is 0 Å². The van der Waals surface area contributed by atoms with Crippen molar-refractivity contribution in [2.45, 2.75) is 19.1 Å². The number of nitrogens with one attached hydrogen (secondary N) is 2. The van der Waals surface area contributed by atoms with Gasteiger partial charge in [0.05, 0.1) is 5.71 Å². The molecule has 0 fully saturated rings. The lowest BCUT2D eigenvalue weighted by Crippen LogP contribution is -2.14. The first-order valence-corrected chi connectivity index (χ1v) is 9.57. The molecule has 0 amide bonds. The molecule has 1 heterocycles. The third kappa shape index (κ3) is 4.33. The van der Waals surface area contributed by atoms with E-state index < -0.39 is 0 Å². The Kier molecular flexibility index (Phi) is 6.08. The zero-order valence-corrected chi connectivity index (χ0v) is 15.9. The average molecular weight is 362 g/mol. The van der Waals surface area contributed by atoms with E-state index in [-0.39, 0.29) is 0 Å². The van der Waals surface area contributed by atoms with E-state index in [1.807, 2.05) is 42.2 Å². The Balaban J connectivity index is 1.98. The lowest BCUT2D eigenvalue weighted by Gasteiger charge is -2.23. The molecule has 132 valence electrons. The number of benzene rings is 1. The third-order valence-electron chi connectivity index (χ3n) is 4.30. The highest BCUT2D eigenvalue weighted by Crippen LogP contribution is 2.38. The minimum Gasteiger partial charge on any atom is -0.387 e. The van der Waals surface area contributed by atoms with Gasteiger partial charge in [-0.25, -0.2) is 4.99 Å². The lowest BCUT2D eigenvalue weighted by atomic mass is 9.98. The fourth-order valence-corrected chi connectivity index (χ4v) is 4.12. The molecule has 26 heavy (non-hydrogen) atoms. The highest BCUT2D eigenvalue weighted by Gasteiger charge is 2.21. The molecule has 1 aliphatic carbocycles. The van der Waals surface area contributed by atoms with E-state index in [9.17, 15) is 0 Å². The second kappa shape index (κ2) is 8.68. The van der Waals surface area contributed by atoms with Gasteiger partial charge in [-0.1, -0.05) is 42.5 Å². The molecule has 0 aromatic heterocycles. The second-order valence-corrected chi connectivity index (χ2v) is 7.51. The van der Waals surface area contributed by atoms with E-state index in [1.54, 1.807) is 0 Å². The maximum atomic E-state index is 7.41. The van der Waals surface area contributed by atoms with E-state index >= 15 is 0 Å². The Morgan fingerprint density at radius 3 is 2.69 bits per heavy atom. The summed E-state index contributed by atoms with van der Waals surface area (Å²) >= 11 is 1.85. The Labute approximate surface area is 159 Å². The van der Waals surface area contributed by atoms with Crippen LogP contribution in [0.25, 0.3) is 6.08 Å². The van der Waals surface area contributed by atoms with E-state index in [1.165, 1.54) is 16.1 Å². The van der Waals surface area contributed by atoms with Gasteiger partial charge in [-0.2, -0.15) is 0 Å². The largest absolute Gasteiger partial charge is 0.387 e. The highest BCUT2D eigenvalue weighted by atomic mass is 32.2. The molecular weight excluding hydrogens is 338 g/mol. The number of allylic oxidation sites excluding steroid dienone is 5. The summed E-state index contributed by atoms with van der Waals surface area (Å²) in [6.45, 7) is 5.25. The van der Waals surface area contributed by atoms with Gasteiger partial charge in [0, 0.05) is 22.3 Å². The standard InChI is InChI=1S/C22H23N3S/c1-16-8-9-21(25-15-23)20(14-18-6-4-3-5-7-18)22(16)26-17(2)19-10-12-24-13-11-19/h3-12,14-15,17,23-24H,13H2,1-2H3/b20-14-,23-15?,25-21?. The first kappa shape index (κ1) is 18.2. The molecule has 1 unspecified atom stereocenters. The number of aliphatic imine (C=N–C) groups is 1. The van der Waals surface area contributed by atoms with Crippen LogP contribution in [0.15, 0.2) is 87.5 Å². The molecule has 0 saturated carbocycles. The van der Waals surface area contributed by atoms with Gasteiger partial charge in [-0.05, 0) is 55.0 Å². The topological polar surface area (TPSA) is 48.2 Å². The molecule has 0 bridgehead atoms. The van der Waals surface area contributed by atoms with Crippen LogP contribution in [0.4, 0.5) is 0 Å². The second-order valence-electron chi connectivity index (χ2n) is 6.16. The number of thioether (sulfide) groups is 1. The molecular formula is C22H23N3S. The van der Waals surface area contributed by atoms with Gasteiger partial charge in [-0.3, -0.25) is 5.41 Å². The van der Waals surface area contributed by atoms with Crippen molar-refractivity contribution >= 4 is 29.9 Å². The van der Waals surface area contributed by atoms with Crippen LogP contribution in [0.1, 0.15) is 19.4 Å². The van der Waals surface area contributed by atoms with Crippen LogP contribution in [0.2, 0.25) is 0 Å². The van der Waals surface area contributed by atoms with Crippen LogP contribution >= 0.6 is 11.8 Å². The van der Waals surface area contributed by atoms with Crippen LogP contribution in [-0.4, -0.2) is 23.8 Å². The minimum absolute atomic E-state index is 0.338. The summed E-state index contributed by atoms with van der Waals surface area (Å²) in [5.74, 6) is 0. The van der Waals surface area contributed by atoms with E-state index in [0.29, 0.717) is 5.25 Å². The van der Waals surface area contributed by atoms with Crippen LogP contribution in [0.3, 0.4) is 0 Å². The molecule has 0 spiro atoms. The predicted octanol–water partition coefficient (Wildman–Crippen LogP) is 5.13. The molecule has 1 aromatic rings. The number of dihydropyridines is 1. The van der Waals surface area contributed by atoms with Gasteiger partial charge >= 0.3 is 0 Å². The average Bonchev–Trinajstić information content (AvgIpc) is 2.68. The zero-order valence-electron chi connectivity index (χ0n) is 15.1. The number of hydrogen-bond acceptors (Lipinski definition) is 3. The highest BCUT2D eigenvalue weighted by molar-refractivity contribution is 8.04. The molecule has 1 aliphatic heterocycles. The van der Waals surface area contributed by atoms with Gasteiger partial charge in [-0.15, -0.1) is 11.8 Å². The molecule has 3 rings (SSSR count). The van der Waals surface area contributed by atoms with Crippen molar-refractivity contribution in [3.8, 4) is 0 Å². The van der Waals surface area contributed by atoms with Crippen LogP contribution < -0.4 is 5.32 Å². The molecule has 3 nitrogen and oxygen atoms in total. The molecule has 0 radical (unpaired) electrons. The van der Waals surface area contributed by atoms with Gasteiger partial charge < -0.3 is 5.32 Å². The predicted molar refractivity (Wildman–Crippen MR) is 115 cm³/mol. The van der Waals surface area contributed by atoms with Crippen molar-refractivity contribution in [2.24, 2.45) is 4.99 Å². The van der Waals surface area contributed by atoms with E-state index in [0.717, 1.165) is 29.7 Å². The summed E-state index contributed by atoms with van der Waals surface area (Å²) in [6.07, 6.45) is 13.7. The fourth-order valence-electron chi connectivity index (χ4n) is 2.91. The molecule has 2 N–H and O–H groups in total. The smallest absolute Gasteiger partial charge is 0.107 e. The van der Waals surface area contributed by atoms with Crippen molar-refractivity contribution in [1.29, 1.82) is 5.41 Å². The van der Waals surface area contributed by atoms with Crippen molar-refractivity contribution in [3.05, 3.63) is 88.0 Å². The summed E-state index contributed by atoms with van der Waals surface area (Å²) in [6, 6.07) is 10.3. The molecule has 4 heteroatoms. The van der Waals surface area contributed by atoms with Gasteiger partial charge in [0.1, 0.15) is 6.34 Å². The Bertz CT molecular complexity index is 855. The maximum Gasteiger partial charge on any atom is 0.107 e. The number of rotatable bonds is 5. The normalized spacial score (nSPS) is 20.9. The number of hydrogen-bond donors (Lipinski definition) is 2. The SMILES string of the molecule is CC1=C(SC(C)C2=CCNC=C2)/C(=C\c2ccccc2)C(=NC=N)C=C1. The quantitative estimate of drug-likeness (QED) is 0.564. The summed E-state index contributed by atoms with van der Waals surface area (Å²) in [5.41, 5.74) is 5.60. The summed E-state index contributed by atoms with van der Waals surface area (Å²) < 4.78 is 0. The number of nitrogens with zero attached hydrogens (tertiary/aromatic N) is 1. The summed E-state index contributed by atoms with van der Waals surface area (Å²) in [5, 5.41) is 10.9. The Morgan fingerprint density at radius 2 is 2.00 bits per heavy atom.